The summed E-state index contributed by atoms with van der Waals surface area (Å²) in [5.41, 5.74) is 1.13. The highest BCUT2D eigenvalue weighted by atomic mass is 35.5. The predicted molar refractivity (Wildman–Crippen MR) is 78.5 cm³/mol. The number of aryl methyl sites for hydroxylation is 1. The van der Waals surface area contributed by atoms with Gasteiger partial charge in [-0.2, -0.15) is 0 Å². The minimum atomic E-state index is -1.02. The smallest absolute Gasteiger partial charge is 0.331 e. The summed E-state index contributed by atoms with van der Waals surface area (Å²) in [4.78, 5) is 11.0. The van der Waals surface area contributed by atoms with Gasteiger partial charge in [-0.15, -0.1) is 0 Å². The highest BCUT2D eigenvalue weighted by Crippen LogP contribution is 2.33. The van der Waals surface area contributed by atoms with Gasteiger partial charge < -0.3 is 9.67 Å². The SMILES string of the molecule is CCCn1c(Cl)c(/C=C(\C)C(=O)O)c2cccc(F)c21. The molecule has 1 heterocycles. The van der Waals surface area contributed by atoms with E-state index in [2.05, 4.69) is 0 Å². The highest BCUT2D eigenvalue weighted by Gasteiger charge is 2.17. The van der Waals surface area contributed by atoms with Crippen LogP contribution in [0.4, 0.5) is 4.39 Å². The second kappa shape index (κ2) is 5.67. The van der Waals surface area contributed by atoms with E-state index in [1.807, 2.05) is 6.92 Å². The van der Waals surface area contributed by atoms with Crippen LogP contribution in [0.3, 0.4) is 0 Å². The first kappa shape index (κ1) is 14.6. The number of aromatic nitrogens is 1. The molecule has 0 fully saturated rings. The van der Waals surface area contributed by atoms with Crippen molar-refractivity contribution in [2.75, 3.05) is 0 Å². The van der Waals surface area contributed by atoms with E-state index in [4.69, 9.17) is 16.7 Å². The van der Waals surface area contributed by atoms with Crippen LogP contribution in [-0.2, 0) is 11.3 Å². The Morgan fingerprint density at radius 3 is 2.80 bits per heavy atom. The fourth-order valence-electron chi connectivity index (χ4n) is 2.21. The molecule has 0 saturated carbocycles. The van der Waals surface area contributed by atoms with Crippen LogP contribution in [0.1, 0.15) is 25.8 Å². The number of fused-ring (bicyclic) bond motifs is 1. The quantitative estimate of drug-likeness (QED) is 0.853. The van der Waals surface area contributed by atoms with Crippen LogP contribution < -0.4 is 0 Å². The molecule has 0 atom stereocenters. The van der Waals surface area contributed by atoms with Crippen LogP contribution in [0.2, 0.25) is 5.15 Å². The number of carboxylic acid groups (broad SMARTS) is 1. The summed E-state index contributed by atoms with van der Waals surface area (Å²) in [6.45, 7) is 4.04. The molecule has 1 aromatic heterocycles. The largest absolute Gasteiger partial charge is 0.478 e. The Bertz CT molecular complexity index is 703. The van der Waals surface area contributed by atoms with Gasteiger partial charge in [-0.25, -0.2) is 9.18 Å². The van der Waals surface area contributed by atoms with E-state index < -0.39 is 5.97 Å². The Balaban J connectivity index is 2.78. The lowest BCUT2D eigenvalue weighted by Gasteiger charge is -2.05. The van der Waals surface area contributed by atoms with Crippen molar-refractivity contribution in [2.24, 2.45) is 0 Å². The zero-order valence-electron chi connectivity index (χ0n) is 11.3. The minimum Gasteiger partial charge on any atom is -0.478 e. The van der Waals surface area contributed by atoms with Gasteiger partial charge >= 0.3 is 5.97 Å². The summed E-state index contributed by atoms with van der Waals surface area (Å²) in [6, 6.07) is 4.72. The number of hydrogen-bond donors (Lipinski definition) is 1. The number of rotatable bonds is 4. The summed E-state index contributed by atoms with van der Waals surface area (Å²) in [6.07, 6.45) is 2.29. The van der Waals surface area contributed by atoms with Gasteiger partial charge in [-0.05, 0) is 25.5 Å². The minimum absolute atomic E-state index is 0.159. The fraction of sp³-hybridized carbons (Fsp3) is 0.267. The predicted octanol–water partition coefficient (Wildman–Crippen LogP) is 4.33. The van der Waals surface area contributed by atoms with E-state index in [1.165, 1.54) is 19.1 Å². The maximum Gasteiger partial charge on any atom is 0.331 e. The van der Waals surface area contributed by atoms with E-state index in [1.54, 1.807) is 16.7 Å². The van der Waals surface area contributed by atoms with Crippen molar-refractivity contribution in [3.8, 4) is 0 Å². The molecule has 20 heavy (non-hydrogen) atoms. The third kappa shape index (κ3) is 2.43. The number of para-hydroxylation sites is 1. The van der Waals surface area contributed by atoms with Gasteiger partial charge in [-0.1, -0.05) is 30.7 Å². The van der Waals surface area contributed by atoms with Crippen molar-refractivity contribution in [3.63, 3.8) is 0 Å². The maximum atomic E-state index is 14.0. The average molecular weight is 296 g/mol. The molecule has 106 valence electrons. The zero-order valence-corrected chi connectivity index (χ0v) is 12.0. The molecule has 0 saturated heterocycles. The number of nitrogens with zero attached hydrogens (tertiary/aromatic N) is 1. The third-order valence-electron chi connectivity index (χ3n) is 3.15. The first-order chi connectivity index (χ1) is 9.47. The Labute approximate surface area is 121 Å². The first-order valence-electron chi connectivity index (χ1n) is 6.35. The van der Waals surface area contributed by atoms with E-state index >= 15 is 0 Å². The lowest BCUT2D eigenvalue weighted by atomic mass is 10.1. The molecule has 0 aliphatic heterocycles. The summed E-state index contributed by atoms with van der Waals surface area (Å²) >= 11 is 6.31. The lowest BCUT2D eigenvalue weighted by Crippen LogP contribution is -1.98. The molecule has 5 heteroatoms. The first-order valence-corrected chi connectivity index (χ1v) is 6.73. The van der Waals surface area contributed by atoms with Crippen LogP contribution >= 0.6 is 11.6 Å². The summed E-state index contributed by atoms with van der Waals surface area (Å²) in [5.74, 6) is -1.38. The number of benzene rings is 1. The van der Waals surface area contributed by atoms with Gasteiger partial charge in [0.15, 0.2) is 0 Å². The van der Waals surface area contributed by atoms with Crippen molar-refractivity contribution in [2.45, 2.75) is 26.8 Å². The van der Waals surface area contributed by atoms with Crippen LogP contribution in [0.5, 0.6) is 0 Å². The molecule has 2 aromatic rings. The highest BCUT2D eigenvalue weighted by molar-refractivity contribution is 6.33. The molecule has 0 aliphatic rings. The van der Waals surface area contributed by atoms with Crippen LogP contribution in [0.15, 0.2) is 23.8 Å². The molecule has 0 unspecified atom stereocenters. The summed E-state index contributed by atoms with van der Waals surface area (Å²) in [5, 5.41) is 9.98. The standard InChI is InChI=1S/C15H15ClFNO2/c1-3-7-18-13-10(5-4-6-12(13)17)11(14(18)16)8-9(2)15(19)20/h4-6,8H,3,7H2,1-2H3,(H,19,20)/b9-8+. The molecule has 0 bridgehead atoms. The molecule has 2 rings (SSSR count). The number of hydrogen-bond acceptors (Lipinski definition) is 1. The Morgan fingerprint density at radius 1 is 1.50 bits per heavy atom. The molecule has 0 amide bonds. The van der Waals surface area contributed by atoms with Crippen molar-refractivity contribution in [1.82, 2.24) is 4.57 Å². The van der Waals surface area contributed by atoms with E-state index in [0.717, 1.165) is 6.42 Å². The average Bonchev–Trinajstić information content (AvgIpc) is 2.66. The third-order valence-corrected chi connectivity index (χ3v) is 3.56. The molecule has 1 aromatic carbocycles. The van der Waals surface area contributed by atoms with Crippen LogP contribution in [0.25, 0.3) is 17.0 Å². The van der Waals surface area contributed by atoms with Gasteiger partial charge in [0.25, 0.3) is 0 Å². The van der Waals surface area contributed by atoms with Gasteiger partial charge in [-0.3, -0.25) is 0 Å². The fourth-order valence-corrected chi connectivity index (χ4v) is 2.54. The molecular weight excluding hydrogens is 281 g/mol. The van der Waals surface area contributed by atoms with Crippen molar-refractivity contribution < 1.29 is 14.3 Å². The number of aliphatic carboxylic acids is 1. The summed E-state index contributed by atoms with van der Waals surface area (Å²) < 4.78 is 15.7. The van der Waals surface area contributed by atoms with Gasteiger partial charge in [0.2, 0.25) is 0 Å². The zero-order chi connectivity index (χ0) is 14.9. The van der Waals surface area contributed by atoms with E-state index in [9.17, 15) is 9.18 Å². The molecule has 3 nitrogen and oxygen atoms in total. The van der Waals surface area contributed by atoms with E-state index in [0.29, 0.717) is 28.2 Å². The molecular formula is C15H15ClFNO2. The molecule has 0 spiro atoms. The summed E-state index contributed by atoms with van der Waals surface area (Å²) in [7, 11) is 0. The molecule has 0 aliphatic carbocycles. The van der Waals surface area contributed by atoms with Crippen LogP contribution in [0, 0.1) is 5.82 Å². The number of carbonyl (C=O) groups is 1. The number of carboxylic acids is 1. The van der Waals surface area contributed by atoms with Crippen molar-refractivity contribution in [3.05, 3.63) is 40.3 Å². The molecule has 1 N–H and O–H groups in total. The Morgan fingerprint density at radius 2 is 2.20 bits per heavy atom. The Hall–Kier alpha value is -1.81. The molecule has 0 radical (unpaired) electrons. The monoisotopic (exact) mass is 295 g/mol. The second-order valence-electron chi connectivity index (χ2n) is 4.62. The van der Waals surface area contributed by atoms with Gasteiger partial charge in [0.1, 0.15) is 11.0 Å². The lowest BCUT2D eigenvalue weighted by molar-refractivity contribution is -0.132. The topological polar surface area (TPSA) is 42.2 Å². The Kier molecular flexibility index (Phi) is 4.14. The second-order valence-corrected chi connectivity index (χ2v) is 4.98. The van der Waals surface area contributed by atoms with Gasteiger partial charge in [0.05, 0.1) is 5.52 Å². The maximum absolute atomic E-state index is 14.0. The van der Waals surface area contributed by atoms with Gasteiger partial charge in [0, 0.05) is 23.1 Å². The van der Waals surface area contributed by atoms with Crippen LogP contribution in [-0.4, -0.2) is 15.6 Å². The number of halogens is 2. The normalized spacial score (nSPS) is 12.1. The van der Waals surface area contributed by atoms with Crippen molar-refractivity contribution >= 4 is 34.5 Å². The van der Waals surface area contributed by atoms with Crippen molar-refractivity contribution in [1.29, 1.82) is 0 Å². The van der Waals surface area contributed by atoms with E-state index in [-0.39, 0.29) is 11.4 Å².